The van der Waals surface area contributed by atoms with Crippen LogP contribution in [0.5, 0.6) is 0 Å². The van der Waals surface area contributed by atoms with Crippen molar-refractivity contribution in [3.05, 3.63) is 87.4 Å². The van der Waals surface area contributed by atoms with Crippen LogP contribution in [0.1, 0.15) is 31.8 Å². The zero-order chi connectivity index (χ0) is 23.8. The second-order valence-electron chi connectivity index (χ2n) is 7.26. The Hall–Kier alpha value is -3.68. The molecule has 0 saturated carbocycles. The first-order valence-corrected chi connectivity index (χ1v) is 11.9. The van der Waals surface area contributed by atoms with Crippen LogP contribution in [0.15, 0.2) is 70.0 Å². The number of hydrogen-bond donors (Lipinski definition) is 2. The summed E-state index contributed by atoms with van der Waals surface area (Å²) in [6.07, 6.45) is 0.591. The number of anilines is 2. The number of sulfonamides is 1. The lowest BCUT2D eigenvalue weighted by atomic mass is 10.1. The van der Waals surface area contributed by atoms with Crippen molar-refractivity contribution in [2.75, 3.05) is 16.2 Å². The van der Waals surface area contributed by atoms with Crippen molar-refractivity contribution in [2.45, 2.75) is 11.3 Å². The van der Waals surface area contributed by atoms with E-state index in [1.807, 2.05) is 18.2 Å². The van der Waals surface area contributed by atoms with Crippen molar-refractivity contribution in [1.29, 1.82) is 5.26 Å². The topological polar surface area (TPSA) is 128 Å². The molecule has 10 heteroatoms. The molecule has 1 aliphatic heterocycles. The van der Waals surface area contributed by atoms with Gasteiger partial charge in [-0.3, -0.25) is 9.10 Å². The highest BCUT2D eigenvalue weighted by atomic mass is 79.9. The standard InChI is InChI=1S/C23H16BrN3O5S/c24-17-10-16(22(28)26-20-6-5-14(13-25)9-19(20)23(29)30)11-18(12-17)33(31,32)27-8-7-15-3-1-2-4-21(15)27/h1-6,9-12H,7-8H2,(H,26,28)(H,29,30). The molecule has 0 radical (unpaired) electrons. The summed E-state index contributed by atoms with van der Waals surface area (Å²) >= 11 is 3.26. The number of aromatic carboxylic acids is 1. The van der Waals surface area contributed by atoms with Gasteiger partial charge in [-0.2, -0.15) is 5.26 Å². The SMILES string of the molecule is N#Cc1ccc(NC(=O)c2cc(Br)cc(S(=O)(=O)N3CCc4ccccc43)c2)c(C(=O)O)c1. The Kier molecular flexibility index (Phi) is 5.93. The molecule has 166 valence electrons. The van der Waals surface area contributed by atoms with Crippen LogP contribution in [-0.2, 0) is 16.4 Å². The highest BCUT2D eigenvalue weighted by Crippen LogP contribution is 2.33. The van der Waals surface area contributed by atoms with Crippen molar-refractivity contribution >= 4 is 49.2 Å². The van der Waals surface area contributed by atoms with Crippen LogP contribution in [0.25, 0.3) is 0 Å². The van der Waals surface area contributed by atoms with Crippen molar-refractivity contribution in [1.82, 2.24) is 0 Å². The number of amides is 1. The molecule has 0 saturated heterocycles. The molecule has 0 fully saturated rings. The lowest BCUT2D eigenvalue weighted by molar-refractivity contribution is 0.0698. The fourth-order valence-corrected chi connectivity index (χ4v) is 5.84. The molecule has 4 rings (SSSR count). The summed E-state index contributed by atoms with van der Waals surface area (Å²) in [6.45, 7) is 0.295. The molecule has 0 atom stereocenters. The molecule has 3 aromatic rings. The van der Waals surface area contributed by atoms with Gasteiger partial charge in [-0.1, -0.05) is 34.1 Å². The summed E-state index contributed by atoms with van der Waals surface area (Å²) in [7, 11) is -3.94. The molecular weight excluding hydrogens is 510 g/mol. The van der Waals surface area contributed by atoms with E-state index in [9.17, 15) is 23.1 Å². The quantitative estimate of drug-likeness (QED) is 0.517. The van der Waals surface area contributed by atoms with E-state index < -0.39 is 21.9 Å². The van der Waals surface area contributed by atoms with E-state index in [1.54, 1.807) is 12.1 Å². The number of halogens is 1. The fraction of sp³-hybridized carbons (Fsp3) is 0.0870. The van der Waals surface area contributed by atoms with Gasteiger partial charge in [0, 0.05) is 16.6 Å². The third-order valence-corrected chi connectivity index (χ3v) is 7.44. The molecular formula is C23H16BrN3O5S. The minimum Gasteiger partial charge on any atom is -0.478 e. The Bertz CT molecular complexity index is 1450. The number of fused-ring (bicyclic) bond motifs is 1. The summed E-state index contributed by atoms with van der Waals surface area (Å²) in [6, 6.07) is 17.0. The average Bonchev–Trinajstić information content (AvgIpc) is 3.24. The van der Waals surface area contributed by atoms with E-state index in [1.165, 1.54) is 34.6 Å². The zero-order valence-corrected chi connectivity index (χ0v) is 19.4. The van der Waals surface area contributed by atoms with Crippen LogP contribution in [0.2, 0.25) is 0 Å². The van der Waals surface area contributed by atoms with Gasteiger partial charge in [0.05, 0.1) is 33.5 Å². The number of benzene rings is 3. The molecule has 3 aromatic carbocycles. The molecule has 1 aliphatic rings. The maximum atomic E-state index is 13.4. The van der Waals surface area contributed by atoms with E-state index in [2.05, 4.69) is 21.2 Å². The lowest BCUT2D eigenvalue weighted by Gasteiger charge is -2.20. The van der Waals surface area contributed by atoms with Crippen molar-refractivity contribution in [2.24, 2.45) is 0 Å². The third kappa shape index (κ3) is 4.33. The van der Waals surface area contributed by atoms with E-state index in [4.69, 9.17) is 5.26 Å². The van der Waals surface area contributed by atoms with Crippen LogP contribution < -0.4 is 9.62 Å². The number of rotatable bonds is 5. The van der Waals surface area contributed by atoms with E-state index >= 15 is 0 Å². The monoisotopic (exact) mass is 525 g/mol. The summed E-state index contributed by atoms with van der Waals surface area (Å²) in [5.74, 6) is -2.01. The van der Waals surface area contributed by atoms with Crippen LogP contribution in [0, 0.1) is 11.3 Å². The lowest BCUT2D eigenvalue weighted by Crippen LogP contribution is -2.29. The molecule has 0 spiro atoms. The fourth-order valence-electron chi connectivity index (χ4n) is 3.62. The maximum Gasteiger partial charge on any atom is 0.337 e. The number of nitrogens with one attached hydrogen (secondary N) is 1. The average molecular weight is 526 g/mol. The predicted molar refractivity (Wildman–Crippen MR) is 125 cm³/mol. The first-order chi connectivity index (χ1) is 15.7. The van der Waals surface area contributed by atoms with Gasteiger partial charge < -0.3 is 10.4 Å². The van der Waals surface area contributed by atoms with E-state index in [0.717, 1.165) is 11.6 Å². The number of nitriles is 1. The smallest absolute Gasteiger partial charge is 0.337 e. The number of para-hydroxylation sites is 1. The Balaban J connectivity index is 1.68. The minimum absolute atomic E-state index is 0.00986. The number of carboxylic acid groups (broad SMARTS) is 1. The minimum atomic E-state index is -3.94. The van der Waals surface area contributed by atoms with Gasteiger partial charge >= 0.3 is 5.97 Å². The second kappa shape index (κ2) is 8.69. The summed E-state index contributed by atoms with van der Waals surface area (Å²) < 4.78 is 28.4. The molecule has 0 aromatic heterocycles. The largest absolute Gasteiger partial charge is 0.478 e. The Labute approximate surface area is 198 Å². The molecule has 0 aliphatic carbocycles. The van der Waals surface area contributed by atoms with Crippen LogP contribution in [0.4, 0.5) is 11.4 Å². The Morgan fingerprint density at radius 1 is 1.09 bits per heavy atom. The molecule has 8 nitrogen and oxygen atoms in total. The maximum absolute atomic E-state index is 13.4. The van der Waals surface area contributed by atoms with Gasteiger partial charge in [-0.25, -0.2) is 13.2 Å². The summed E-state index contributed by atoms with van der Waals surface area (Å²) in [5, 5.41) is 20.9. The number of carbonyl (C=O) groups is 2. The molecule has 2 N–H and O–H groups in total. The molecule has 33 heavy (non-hydrogen) atoms. The summed E-state index contributed by atoms with van der Waals surface area (Å²) in [4.78, 5) is 24.4. The number of carboxylic acids is 1. The van der Waals surface area contributed by atoms with Gasteiger partial charge in [0.2, 0.25) is 0 Å². The number of nitrogens with zero attached hydrogens (tertiary/aromatic N) is 2. The van der Waals surface area contributed by atoms with Crippen molar-refractivity contribution in [3.63, 3.8) is 0 Å². The van der Waals surface area contributed by atoms with Gasteiger partial charge in [0.15, 0.2) is 0 Å². The Morgan fingerprint density at radius 3 is 2.58 bits per heavy atom. The number of carbonyl (C=O) groups excluding carboxylic acids is 1. The molecule has 0 unspecified atom stereocenters. The molecule has 1 heterocycles. The zero-order valence-electron chi connectivity index (χ0n) is 16.9. The van der Waals surface area contributed by atoms with Crippen LogP contribution >= 0.6 is 15.9 Å². The normalized spacial score (nSPS) is 12.7. The van der Waals surface area contributed by atoms with Gasteiger partial charge in [-0.15, -0.1) is 0 Å². The van der Waals surface area contributed by atoms with Gasteiger partial charge in [0.1, 0.15) is 0 Å². The third-order valence-electron chi connectivity index (χ3n) is 5.19. The highest BCUT2D eigenvalue weighted by Gasteiger charge is 2.31. The molecule has 0 bridgehead atoms. The Morgan fingerprint density at radius 2 is 1.85 bits per heavy atom. The van der Waals surface area contributed by atoms with Crippen LogP contribution in [-0.4, -0.2) is 31.9 Å². The predicted octanol–water partition coefficient (Wildman–Crippen LogP) is 4.02. The first kappa shape index (κ1) is 22.5. The first-order valence-electron chi connectivity index (χ1n) is 9.71. The van der Waals surface area contributed by atoms with Gasteiger partial charge in [0.25, 0.3) is 15.9 Å². The van der Waals surface area contributed by atoms with Crippen molar-refractivity contribution < 1.29 is 23.1 Å². The molecule has 1 amide bonds. The van der Waals surface area contributed by atoms with Gasteiger partial charge in [-0.05, 0) is 54.4 Å². The highest BCUT2D eigenvalue weighted by molar-refractivity contribution is 9.10. The van der Waals surface area contributed by atoms with E-state index in [-0.39, 0.29) is 27.3 Å². The van der Waals surface area contributed by atoms with Crippen LogP contribution in [0.3, 0.4) is 0 Å². The van der Waals surface area contributed by atoms with Crippen molar-refractivity contribution in [3.8, 4) is 6.07 Å². The second-order valence-corrected chi connectivity index (χ2v) is 10.0. The number of hydrogen-bond acceptors (Lipinski definition) is 5. The van der Waals surface area contributed by atoms with E-state index in [0.29, 0.717) is 23.1 Å². The summed E-state index contributed by atoms with van der Waals surface area (Å²) in [5.41, 5.74) is 1.43.